The summed E-state index contributed by atoms with van der Waals surface area (Å²) in [5.41, 5.74) is 2.25. The van der Waals surface area contributed by atoms with E-state index >= 15 is 0 Å². The molecule has 7 heteroatoms. The van der Waals surface area contributed by atoms with Crippen molar-refractivity contribution in [3.63, 3.8) is 0 Å². The summed E-state index contributed by atoms with van der Waals surface area (Å²) in [4.78, 5) is 27.8. The van der Waals surface area contributed by atoms with Crippen molar-refractivity contribution in [3.05, 3.63) is 64.5 Å². The normalized spacial score (nSPS) is 10.8. The number of aromatic nitrogens is 4. The molecule has 0 fully saturated rings. The molecular weight excluding hydrogens is 282 g/mol. The molecule has 1 N–H and O–H groups in total. The number of carbonyl (C=O) groups excluding carboxylic acids is 1. The summed E-state index contributed by atoms with van der Waals surface area (Å²) < 4.78 is 2.43. The van der Waals surface area contributed by atoms with E-state index in [1.165, 1.54) is 16.3 Å². The van der Waals surface area contributed by atoms with Gasteiger partial charge in [-0.15, -0.1) is 5.10 Å². The average molecular weight is 297 g/mol. The Morgan fingerprint density at radius 2 is 2.00 bits per heavy atom. The lowest BCUT2D eigenvalue weighted by molar-refractivity contribution is -0.122. The molecule has 3 rings (SSSR count). The number of nitrogens with one attached hydrogen (secondary N) is 1. The van der Waals surface area contributed by atoms with Crippen LogP contribution in [0.3, 0.4) is 0 Å². The van der Waals surface area contributed by atoms with Gasteiger partial charge in [0.25, 0.3) is 0 Å². The quantitative estimate of drug-likeness (QED) is 0.761. The van der Waals surface area contributed by atoms with E-state index in [9.17, 15) is 9.59 Å². The molecule has 0 bridgehead atoms. The molecule has 1 aromatic carbocycles. The van der Waals surface area contributed by atoms with Crippen molar-refractivity contribution in [1.29, 1.82) is 0 Å². The Labute approximate surface area is 126 Å². The minimum Gasteiger partial charge on any atom is -0.350 e. The minimum absolute atomic E-state index is 0.119. The molecule has 7 nitrogen and oxygen atoms in total. The Bertz CT molecular complexity index is 864. The zero-order chi connectivity index (χ0) is 15.5. The van der Waals surface area contributed by atoms with Gasteiger partial charge in [0.1, 0.15) is 12.9 Å². The third-order valence-electron chi connectivity index (χ3n) is 3.29. The fourth-order valence-corrected chi connectivity index (χ4v) is 2.08. The Morgan fingerprint density at radius 1 is 1.23 bits per heavy atom. The predicted octanol–water partition coefficient (Wildman–Crippen LogP) is 0.516. The van der Waals surface area contributed by atoms with Crippen LogP contribution in [0.1, 0.15) is 11.1 Å². The zero-order valence-electron chi connectivity index (χ0n) is 12.1. The second kappa shape index (κ2) is 5.80. The monoisotopic (exact) mass is 297 g/mol. The maximum absolute atomic E-state index is 12.0. The van der Waals surface area contributed by atoms with Crippen LogP contribution in [0.2, 0.25) is 0 Å². The Balaban J connectivity index is 1.67. The van der Waals surface area contributed by atoms with Crippen LogP contribution in [0.25, 0.3) is 5.65 Å². The molecule has 0 atom stereocenters. The number of hydrogen-bond donors (Lipinski definition) is 1. The molecule has 0 spiro atoms. The smallest absolute Gasteiger partial charge is 0.350 e. The lowest BCUT2D eigenvalue weighted by Crippen LogP contribution is -2.32. The van der Waals surface area contributed by atoms with Gasteiger partial charge in [-0.1, -0.05) is 29.8 Å². The highest BCUT2D eigenvalue weighted by Gasteiger charge is 2.10. The first-order valence-corrected chi connectivity index (χ1v) is 6.85. The van der Waals surface area contributed by atoms with Gasteiger partial charge in [-0.05, 0) is 12.5 Å². The van der Waals surface area contributed by atoms with Gasteiger partial charge in [0.2, 0.25) is 5.91 Å². The van der Waals surface area contributed by atoms with Crippen molar-refractivity contribution in [2.24, 2.45) is 0 Å². The highest BCUT2D eigenvalue weighted by atomic mass is 16.2. The first-order valence-electron chi connectivity index (χ1n) is 6.85. The first-order chi connectivity index (χ1) is 10.6. The molecule has 2 aromatic heterocycles. The van der Waals surface area contributed by atoms with Crippen molar-refractivity contribution in [1.82, 2.24) is 24.5 Å². The van der Waals surface area contributed by atoms with Crippen molar-refractivity contribution in [2.75, 3.05) is 0 Å². The SMILES string of the molecule is Cc1ccc(CNC(=O)Cn2nc3ccncn3c2=O)cc1. The largest absolute Gasteiger partial charge is 0.352 e. The van der Waals surface area contributed by atoms with Crippen LogP contribution in [-0.2, 0) is 17.9 Å². The standard InChI is InChI=1S/C15H15N5O2/c1-11-2-4-12(5-3-11)8-17-14(21)9-20-15(22)19-10-16-7-6-13(19)18-20/h2-7,10H,8-9H2,1H3,(H,17,21). The molecular formula is C15H15N5O2. The van der Waals surface area contributed by atoms with Crippen molar-refractivity contribution in [3.8, 4) is 0 Å². The van der Waals surface area contributed by atoms with Gasteiger partial charge in [0.15, 0.2) is 5.65 Å². The van der Waals surface area contributed by atoms with Gasteiger partial charge in [-0.2, -0.15) is 0 Å². The summed E-state index contributed by atoms with van der Waals surface area (Å²) in [6.45, 7) is 2.31. The number of amides is 1. The van der Waals surface area contributed by atoms with Gasteiger partial charge in [0.05, 0.1) is 0 Å². The lowest BCUT2D eigenvalue weighted by Gasteiger charge is -2.05. The van der Waals surface area contributed by atoms with Gasteiger partial charge in [-0.25, -0.2) is 18.9 Å². The van der Waals surface area contributed by atoms with Crippen LogP contribution in [-0.4, -0.2) is 25.1 Å². The second-order valence-electron chi connectivity index (χ2n) is 5.01. The fraction of sp³-hybridized carbons (Fsp3) is 0.200. The molecule has 0 unspecified atom stereocenters. The van der Waals surface area contributed by atoms with E-state index in [1.807, 2.05) is 31.2 Å². The van der Waals surface area contributed by atoms with E-state index in [-0.39, 0.29) is 18.1 Å². The van der Waals surface area contributed by atoms with E-state index in [4.69, 9.17) is 0 Å². The van der Waals surface area contributed by atoms with Gasteiger partial charge in [-0.3, -0.25) is 4.79 Å². The van der Waals surface area contributed by atoms with Crippen LogP contribution in [0, 0.1) is 6.92 Å². The van der Waals surface area contributed by atoms with E-state index in [2.05, 4.69) is 15.4 Å². The summed E-state index contributed by atoms with van der Waals surface area (Å²) >= 11 is 0. The van der Waals surface area contributed by atoms with Gasteiger partial charge in [0, 0.05) is 18.8 Å². The Hall–Kier alpha value is -2.96. The number of carbonyl (C=O) groups is 1. The molecule has 0 aliphatic heterocycles. The Kier molecular flexibility index (Phi) is 3.69. The molecule has 0 saturated carbocycles. The molecule has 0 aliphatic rings. The number of aryl methyl sites for hydroxylation is 1. The summed E-state index contributed by atoms with van der Waals surface area (Å²) in [5.74, 6) is -0.265. The topological polar surface area (TPSA) is 81.3 Å². The molecule has 3 aromatic rings. The predicted molar refractivity (Wildman–Crippen MR) is 80.3 cm³/mol. The summed E-state index contributed by atoms with van der Waals surface area (Å²) in [5, 5.41) is 6.86. The second-order valence-corrected chi connectivity index (χ2v) is 5.01. The molecule has 112 valence electrons. The number of hydrogen-bond acceptors (Lipinski definition) is 4. The Morgan fingerprint density at radius 3 is 2.73 bits per heavy atom. The van der Waals surface area contributed by atoms with Gasteiger partial charge >= 0.3 is 5.69 Å². The van der Waals surface area contributed by atoms with Crippen LogP contribution >= 0.6 is 0 Å². The van der Waals surface area contributed by atoms with Crippen molar-refractivity contribution in [2.45, 2.75) is 20.0 Å². The van der Waals surface area contributed by atoms with E-state index in [1.54, 1.807) is 12.3 Å². The zero-order valence-corrected chi connectivity index (χ0v) is 12.1. The maximum atomic E-state index is 12.0. The molecule has 1 amide bonds. The molecule has 22 heavy (non-hydrogen) atoms. The minimum atomic E-state index is -0.381. The molecule has 0 aliphatic carbocycles. The highest BCUT2D eigenvalue weighted by Crippen LogP contribution is 2.02. The van der Waals surface area contributed by atoms with Crippen molar-refractivity contribution < 1.29 is 4.79 Å². The van der Waals surface area contributed by atoms with Crippen LogP contribution in [0.15, 0.2) is 47.7 Å². The summed E-state index contributed by atoms with van der Waals surface area (Å²) in [6.07, 6.45) is 2.93. The number of benzene rings is 1. The van der Waals surface area contributed by atoms with Crippen molar-refractivity contribution >= 4 is 11.6 Å². The molecule has 0 radical (unpaired) electrons. The van der Waals surface area contributed by atoms with Crippen LogP contribution in [0.5, 0.6) is 0 Å². The maximum Gasteiger partial charge on any atom is 0.352 e. The molecule has 2 heterocycles. The van der Waals surface area contributed by atoms with E-state index in [0.29, 0.717) is 12.2 Å². The lowest BCUT2D eigenvalue weighted by atomic mass is 10.1. The summed E-state index contributed by atoms with van der Waals surface area (Å²) in [7, 11) is 0. The highest BCUT2D eigenvalue weighted by molar-refractivity contribution is 5.75. The van der Waals surface area contributed by atoms with E-state index in [0.717, 1.165) is 10.2 Å². The number of rotatable bonds is 4. The number of fused-ring (bicyclic) bond motifs is 1. The van der Waals surface area contributed by atoms with Crippen LogP contribution < -0.4 is 11.0 Å². The third kappa shape index (κ3) is 2.88. The summed E-state index contributed by atoms with van der Waals surface area (Å²) in [6, 6.07) is 9.50. The first kappa shape index (κ1) is 14.0. The fourth-order valence-electron chi connectivity index (χ4n) is 2.08. The van der Waals surface area contributed by atoms with E-state index < -0.39 is 0 Å². The van der Waals surface area contributed by atoms with Gasteiger partial charge < -0.3 is 5.32 Å². The van der Waals surface area contributed by atoms with Crippen LogP contribution in [0.4, 0.5) is 0 Å². The molecule has 0 saturated heterocycles. The third-order valence-corrected chi connectivity index (χ3v) is 3.29. The average Bonchev–Trinajstić information content (AvgIpc) is 2.83. The number of nitrogens with zero attached hydrogens (tertiary/aromatic N) is 4.